The average molecular weight is 264 g/mol. The summed E-state index contributed by atoms with van der Waals surface area (Å²) in [6.45, 7) is 4.06. The summed E-state index contributed by atoms with van der Waals surface area (Å²) in [7, 11) is 0. The smallest absolute Gasteiger partial charge is 0.187 e. The first-order valence-corrected chi connectivity index (χ1v) is 6.46. The van der Waals surface area contributed by atoms with Gasteiger partial charge in [0.05, 0.1) is 12.4 Å². The fraction of sp³-hybridized carbons (Fsp3) is 0.333. The van der Waals surface area contributed by atoms with Gasteiger partial charge in [-0.25, -0.2) is 24.3 Å². The Balaban J connectivity index is 2.05. The zero-order chi connectivity index (χ0) is 13.0. The second-order valence-electron chi connectivity index (χ2n) is 3.90. The van der Waals surface area contributed by atoms with Crippen LogP contribution in [0.5, 0.6) is 0 Å². The molecule has 18 heavy (non-hydrogen) atoms. The van der Waals surface area contributed by atoms with Crippen molar-refractivity contribution in [3.05, 3.63) is 42.5 Å². The highest BCUT2D eigenvalue weighted by Crippen LogP contribution is 2.29. The van der Waals surface area contributed by atoms with Gasteiger partial charge in [0, 0.05) is 23.6 Å². The molecule has 0 aliphatic rings. The molecule has 0 spiro atoms. The summed E-state index contributed by atoms with van der Waals surface area (Å²) in [6, 6.07) is 1.78. The van der Waals surface area contributed by atoms with Crippen molar-refractivity contribution in [2.45, 2.75) is 30.2 Å². The summed E-state index contributed by atoms with van der Waals surface area (Å²) in [6.07, 6.45) is 5.80. The molecule has 2 aromatic heterocycles. The average Bonchev–Trinajstić information content (AvgIpc) is 2.40. The van der Waals surface area contributed by atoms with Gasteiger partial charge in [-0.15, -0.1) is 0 Å². The molecule has 4 nitrogen and oxygen atoms in total. The van der Waals surface area contributed by atoms with Gasteiger partial charge < -0.3 is 0 Å². The minimum absolute atomic E-state index is 0.0967. The van der Waals surface area contributed by atoms with E-state index in [2.05, 4.69) is 26.9 Å². The van der Waals surface area contributed by atoms with Gasteiger partial charge in [-0.2, -0.15) is 0 Å². The van der Waals surface area contributed by atoms with Crippen LogP contribution in [0, 0.1) is 5.82 Å². The standard InChI is InChI=1S/C12H13FN4S/c1-8(11-16-6-10(13)7-17-11)9(2)18-12-14-4-3-5-15-12/h3-9H,1-2H3/t8-,9+/m1/s1. The van der Waals surface area contributed by atoms with Crippen molar-refractivity contribution in [1.29, 1.82) is 0 Å². The Morgan fingerprint density at radius 2 is 1.67 bits per heavy atom. The van der Waals surface area contributed by atoms with E-state index in [1.807, 2.05) is 6.92 Å². The molecule has 0 aliphatic heterocycles. The van der Waals surface area contributed by atoms with E-state index in [0.29, 0.717) is 5.82 Å². The van der Waals surface area contributed by atoms with Crippen molar-refractivity contribution in [1.82, 2.24) is 19.9 Å². The first-order valence-electron chi connectivity index (χ1n) is 5.58. The molecule has 2 heterocycles. The number of hydrogen-bond acceptors (Lipinski definition) is 5. The number of halogens is 1. The first-order chi connectivity index (χ1) is 8.66. The molecule has 0 N–H and O–H groups in total. The van der Waals surface area contributed by atoms with E-state index in [0.717, 1.165) is 5.16 Å². The normalized spacial score (nSPS) is 14.2. The highest BCUT2D eigenvalue weighted by Gasteiger charge is 2.19. The lowest BCUT2D eigenvalue weighted by molar-refractivity contribution is 0.597. The van der Waals surface area contributed by atoms with Crippen LogP contribution in [-0.4, -0.2) is 25.2 Å². The quantitative estimate of drug-likeness (QED) is 0.627. The Morgan fingerprint density at radius 1 is 1.06 bits per heavy atom. The molecule has 2 atom stereocenters. The summed E-state index contributed by atoms with van der Waals surface area (Å²) < 4.78 is 12.7. The number of hydrogen-bond donors (Lipinski definition) is 0. The lowest BCUT2D eigenvalue weighted by atomic mass is 10.1. The molecule has 0 unspecified atom stereocenters. The summed E-state index contributed by atoms with van der Waals surface area (Å²) in [5.74, 6) is 0.310. The fourth-order valence-corrected chi connectivity index (χ4v) is 2.28. The molecule has 0 amide bonds. The van der Waals surface area contributed by atoms with Crippen LogP contribution in [0.2, 0.25) is 0 Å². The molecular weight excluding hydrogens is 251 g/mol. The summed E-state index contributed by atoms with van der Waals surface area (Å²) in [5, 5.41) is 0.928. The second kappa shape index (κ2) is 5.86. The number of thioether (sulfide) groups is 1. The molecule has 94 valence electrons. The van der Waals surface area contributed by atoms with Gasteiger partial charge in [-0.3, -0.25) is 0 Å². The molecule has 0 saturated carbocycles. The highest BCUT2D eigenvalue weighted by atomic mass is 32.2. The van der Waals surface area contributed by atoms with E-state index < -0.39 is 5.82 Å². The Kier molecular flexibility index (Phi) is 4.19. The lowest BCUT2D eigenvalue weighted by Crippen LogP contribution is -2.12. The monoisotopic (exact) mass is 264 g/mol. The zero-order valence-corrected chi connectivity index (χ0v) is 10.9. The van der Waals surface area contributed by atoms with Crippen LogP contribution in [0.1, 0.15) is 25.6 Å². The van der Waals surface area contributed by atoms with Crippen LogP contribution in [0.15, 0.2) is 36.0 Å². The lowest BCUT2D eigenvalue weighted by Gasteiger charge is -2.16. The van der Waals surface area contributed by atoms with Crippen LogP contribution in [0.4, 0.5) is 4.39 Å². The third kappa shape index (κ3) is 3.22. The van der Waals surface area contributed by atoms with E-state index in [9.17, 15) is 4.39 Å². The third-order valence-corrected chi connectivity index (χ3v) is 3.79. The largest absolute Gasteiger partial charge is 0.238 e. The highest BCUT2D eigenvalue weighted by molar-refractivity contribution is 7.99. The summed E-state index contributed by atoms with van der Waals surface area (Å²) in [5.41, 5.74) is 0. The first kappa shape index (κ1) is 12.9. The minimum Gasteiger partial charge on any atom is -0.238 e. The van der Waals surface area contributed by atoms with Crippen molar-refractivity contribution < 1.29 is 4.39 Å². The maximum atomic E-state index is 12.7. The summed E-state index contributed by atoms with van der Waals surface area (Å²) in [4.78, 5) is 16.3. The van der Waals surface area contributed by atoms with Gasteiger partial charge in [0.25, 0.3) is 0 Å². The van der Waals surface area contributed by atoms with E-state index in [-0.39, 0.29) is 11.2 Å². The van der Waals surface area contributed by atoms with Crippen molar-refractivity contribution in [3.63, 3.8) is 0 Å². The number of aromatic nitrogens is 4. The van der Waals surface area contributed by atoms with Gasteiger partial charge >= 0.3 is 0 Å². The summed E-state index contributed by atoms with van der Waals surface area (Å²) >= 11 is 1.55. The predicted octanol–water partition coefficient (Wildman–Crippen LogP) is 2.69. The van der Waals surface area contributed by atoms with Crippen molar-refractivity contribution >= 4 is 11.8 Å². The Morgan fingerprint density at radius 3 is 2.28 bits per heavy atom. The maximum absolute atomic E-state index is 12.7. The number of rotatable bonds is 4. The van der Waals surface area contributed by atoms with Crippen molar-refractivity contribution in [2.24, 2.45) is 0 Å². The van der Waals surface area contributed by atoms with E-state index in [1.54, 1.807) is 30.2 Å². The molecule has 0 radical (unpaired) electrons. The Bertz CT molecular complexity index is 491. The van der Waals surface area contributed by atoms with Crippen LogP contribution in [0.25, 0.3) is 0 Å². The van der Waals surface area contributed by atoms with Crippen molar-refractivity contribution in [2.75, 3.05) is 0 Å². The number of nitrogens with zero attached hydrogens (tertiary/aromatic N) is 4. The van der Waals surface area contributed by atoms with Crippen LogP contribution in [0.3, 0.4) is 0 Å². The molecule has 0 fully saturated rings. The van der Waals surface area contributed by atoms with Crippen LogP contribution in [-0.2, 0) is 0 Å². The van der Waals surface area contributed by atoms with Crippen LogP contribution < -0.4 is 0 Å². The molecule has 2 aromatic rings. The molecule has 2 rings (SSSR count). The SMILES string of the molecule is C[C@H](Sc1ncccn1)[C@@H](C)c1ncc(F)cn1. The Hall–Kier alpha value is -1.56. The van der Waals surface area contributed by atoms with Crippen LogP contribution >= 0.6 is 11.8 Å². The molecule has 0 bridgehead atoms. The van der Waals surface area contributed by atoms with E-state index in [4.69, 9.17) is 0 Å². The fourth-order valence-electron chi connectivity index (χ4n) is 1.38. The molecule has 0 aliphatic carbocycles. The minimum atomic E-state index is -0.419. The van der Waals surface area contributed by atoms with Gasteiger partial charge in [0.2, 0.25) is 0 Å². The molecule has 0 aromatic carbocycles. The second-order valence-corrected chi connectivity index (χ2v) is 5.25. The predicted molar refractivity (Wildman–Crippen MR) is 67.8 cm³/mol. The molecule has 0 saturated heterocycles. The van der Waals surface area contributed by atoms with Gasteiger partial charge in [-0.1, -0.05) is 25.6 Å². The van der Waals surface area contributed by atoms with Gasteiger partial charge in [0.15, 0.2) is 11.0 Å². The zero-order valence-electron chi connectivity index (χ0n) is 10.1. The Labute approximate surface area is 109 Å². The van der Waals surface area contributed by atoms with E-state index >= 15 is 0 Å². The maximum Gasteiger partial charge on any atom is 0.187 e. The van der Waals surface area contributed by atoms with Crippen molar-refractivity contribution in [3.8, 4) is 0 Å². The molecular formula is C12H13FN4S. The van der Waals surface area contributed by atoms with E-state index in [1.165, 1.54) is 12.4 Å². The van der Waals surface area contributed by atoms with Gasteiger partial charge in [0.1, 0.15) is 5.82 Å². The third-order valence-electron chi connectivity index (χ3n) is 2.59. The molecule has 6 heteroatoms. The topological polar surface area (TPSA) is 51.6 Å². The van der Waals surface area contributed by atoms with Gasteiger partial charge in [-0.05, 0) is 6.07 Å².